The maximum absolute atomic E-state index is 12.2. The summed E-state index contributed by atoms with van der Waals surface area (Å²) in [7, 11) is -3.42. The smallest absolute Gasteiger partial charge is 0.256 e. The minimum absolute atomic E-state index is 0.272. The molecule has 0 atom stereocenters. The summed E-state index contributed by atoms with van der Waals surface area (Å²) in [6.45, 7) is 0.423. The molecule has 0 fully saturated rings. The van der Waals surface area contributed by atoms with Crippen LogP contribution in [-0.4, -0.2) is 31.5 Å². The minimum Gasteiger partial charge on any atom is -0.256 e. The molecule has 0 spiro atoms. The number of unbranched alkanes of at least 4 members (excludes halogenated alkanes) is 1. The van der Waals surface area contributed by atoms with Gasteiger partial charge in [-0.05, 0) is 25.0 Å². The summed E-state index contributed by atoms with van der Waals surface area (Å²) in [6, 6.07) is 6.75. The third-order valence-corrected chi connectivity index (χ3v) is 4.60. The van der Waals surface area contributed by atoms with Gasteiger partial charge in [-0.2, -0.15) is 0 Å². The Kier molecular flexibility index (Phi) is 3.69. The lowest BCUT2D eigenvalue weighted by atomic mass is 10.3. The van der Waals surface area contributed by atoms with Crippen molar-refractivity contribution in [3.05, 3.63) is 24.3 Å². The van der Waals surface area contributed by atoms with Crippen molar-refractivity contribution in [3.8, 4) is 0 Å². The topological polar surface area (TPSA) is 49.7 Å². The van der Waals surface area contributed by atoms with E-state index in [1.54, 1.807) is 24.3 Å². The van der Waals surface area contributed by atoms with E-state index in [2.05, 4.69) is 4.99 Å². The van der Waals surface area contributed by atoms with Gasteiger partial charge < -0.3 is 0 Å². The molecule has 0 N–H and O–H groups in total. The second-order valence-electron chi connectivity index (χ2n) is 3.72. The van der Waals surface area contributed by atoms with Crippen molar-refractivity contribution >= 4 is 33.7 Å². The van der Waals surface area contributed by atoms with E-state index in [0.29, 0.717) is 18.1 Å². The van der Waals surface area contributed by atoms with E-state index in [1.807, 2.05) is 0 Å². The van der Waals surface area contributed by atoms with Gasteiger partial charge in [-0.1, -0.05) is 12.1 Å². The van der Waals surface area contributed by atoms with Crippen molar-refractivity contribution in [2.75, 3.05) is 12.4 Å². The Morgan fingerprint density at radius 2 is 2.00 bits per heavy atom. The molecule has 92 valence electrons. The van der Waals surface area contributed by atoms with Gasteiger partial charge >= 0.3 is 0 Å². The molecule has 1 aromatic rings. The molecule has 0 saturated carbocycles. The van der Waals surface area contributed by atoms with Crippen LogP contribution in [0.15, 0.2) is 34.2 Å². The number of benzene rings is 1. The zero-order valence-corrected chi connectivity index (χ0v) is 10.8. The van der Waals surface area contributed by atoms with Gasteiger partial charge in [0.25, 0.3) is 10.0 Å². The molecule has 0 radical (unpaired) electrons. The molecule has 4 nitrogen and oxygen atoms in total. The van der Waals surface area contributed by atoms with Crippen LogP contribution in [0.2, 0.25) is 0 Å². The predicted octanol–water partition coefficient (Wildman–Crippen LogP) is 2.37. The van der Waals surface area contributed by atoms with E-state index in [-0.39, 0.29) is 4.90 Å². The zero-order valence-electron chi connectivity index (χ0n) is 9.21. The Bertz CT molecular complexity index is 528. The molecular weight excluding hydrogens is 260 g/mol. The lowest BCUT2D eigenvalue weighted by Gasteiger charge is -2.23. The van der Waals surface area contributed by atoms with Crippen LogP contribution in [0.4, 0.5) is 5.69 Å². The Morgan fingerprint density at radius 1 is 1.24 bits per heavy atom. The summed E-state index contributed by atoms with van der Waals surface area (Å²) in [5, 5.41) is 0. The van der Waals surface area contributed by atoms with E-state index < -0.39 is 10.0 Å². The Hall–Kier alpha value is -1.07. The van der Waals surface area contributed by atoms with Gasteiger partial charge in [0.1, 0.15) is 11.2 Å². The van der Waals surface area contributed by atoms with E-state index in [9.17, 15) is 8.42 Å². The van der Waals surface area contributed by atoms with Gasteiger partial charge in [-0.3, -0.25) is 4.31 Å². The van der Waals surface area contributed by atoms with Crippen LogP contribution < -0.4 is 0 Å². The monoisotopic (exact) mass is 272 g/mol. The summed E-state index contributed by atoms with van der Waals surface area (Å²) < 4.78 is 25.7. The molecule has 0 saturated heterocycles. The molecule has 2 rings (SSSR count). The average molecular weight is 273 g/mol. The van der Waals surface area contributed by atoms with Crippen LogP contribution in [0.5, 0.6) is 0 Å². The number of hydrogen-bond donors (Lipinski definition) is 0. The average Bonchev–Trinajstić information content (AvgIpc) is 2.32. The van der Waals surface area contributed by atoms with Crippen molar-refractivity contribution in [2.45, 2.75) is 17.7 Å². The summed E-state index contributed by atoms with van der Waals surface area (Å²) in [4.78, 5) is 4.41. The molecular formula is C11H13ClN2O2S. The molecule has 1 heterocycles. The third-order valence-electron chi connectivity index (χ3n) is 2.54. The number of halogens is 1. The summed E-state index contributed by atoms with van der Waals surface area (Å²) in [5.41, 5.74) is 0.501. The van der Waals surface area contributed by atoms with Gasteiger partial charge in [-0.25, -0.2) is 13.4 Å². The summed E-state index contributed by atoms with van der Waals surface area (Å²) >= 11 is 5.57. The van der Waals surface area contributed by atoms with E-state index in [4.69, 9.17) is 11.6 Å². The van der Waals surface area contributed by atoms with Crippen molar-refractivity contribution in [1.82, 2.24) is 4.31 Å². The lowest BCUT2D eigenvalue weighted by Crippen LogP contribution is -2.32. The molecule has 0 unspecified atom stereocenters. The largest absolute Gasteiger partial charge is 0.267 e. The number of hydrogen-bond acceptors (Lipinski definition) is 3. The van der Waals surface area contributed by atoms with Crippen LogP contribution in [0, 0.1) is 0 Å². The van der Waals surface area contributed by atoms with Crippen molar-refractivity contribution in [2.24, 2.45) is 4.99 Å². The first-order valence-electron chi connectivity index (χ1n) is 5.37. The molecule has 1 aliphatic rings. The van der Waals surface area contributed by atoms with Gasteiger partial charge in [0.05, 0.1) is 5.69 Å². The molecule has 0 aliphatic carbocycles. The van der Waals surface area contributed by atoms with E-state index >= 15 is 0 Å². The van der Waals surface area contributed by atoms with Gasteiger partial charge in [0, 0.05) is 12.4 Å². The third kappa shape index (κ3) is 2.45. The number of aliphatic imine (C=N–C) groups is 1. The molecule has 6 heteroatoms. The van der Waals surface area contributed by atoms with Crippen LogP contribution >= 0.6 is 11.6 Å². The van der Waals surface area contributed by atoms with Crippen LogP contribution in [-0.2, 0) is 10.0 Å². The first kappa shape index (κ1) is 12.4. The van der Waals surface area contributed by atoms with Crippen LogP contribution in [0.3, 0.4) is 0 Å². The number of sulfonamides is 1. The maximum atomic E-state index is 12.2. The molecule has 0 amide bonds. The van der Waals surface area contributed by atoms with Gasteiger partial charge in [-0.15, -0.1) is 11.6 Å². The van der Waals surface area contributed by atoms with Crippen molar-refractivity contribution in [1.29, 1.82) is 0 Å². The fourth-order valence-corrected chi connectivity index (χ4v) is 3.25. The fraction of sp³-hybridized carbons (Fsp3) is 0.364. The molecule has 17 heavy (non-hydrogen) atoms. The Balaban J connectivity index is 2.25. The van der Waals surface area contributed by atoms with Crippen LogP contribution in [0.1, 0.15) is 12.8 Å². The molecule has 0 bridgehead atoms. The first-order valence-corrected chi connectivity index (χ1v) is 7.35. The maximum Gasteiger partial charge on any atom is 0.267 e. The fourth-order valence-electron chi connectivity index (χ4n) is 1.64. The standard InChI is InChI=1S/C11H13ClN2O2S/c12-7-3-4-8-14-9-13-10-5-1-2-6-11(10)17(14,15)16/h1-2,5-6,9H,3-4,7-8H2. The molecule has 0 aromatic heterocycles. The van der Waals surface area contributed by atoms with Crippen LogP contribution in [0.25, 0.3) is 0 Å². The highest BCUT2D eigenvalue weighted by atomic mass is 35.5. The van der Waals surface area contributed by atoms with Crippen molar-refractivity contribution < 1.29 is 8.42 Å². The number of nitrogens with zero attached hydrogens (tertiary/aromatic N) is 2. The van der Waals surface area contributed by atoms with E-state index in [0.717, 1.165) is 12.8 Å². The normalized spacial score (nSPS) is 16.9. The quantitative estimate of drug-likeness (QED) is 0.624. The zero-order chi connectivity index (χ0) is 12.3. The molecule has 1 aromatic carbocycles. The minimum atomic E-state index is -3.42. The first-order chi connectivity index (χ1) is 8.16. The number of fused-ring (bicyclic) bond motifs is 1. The number of alkyl halides is 1. The molecule has 1 aliphatic heterocycles. The van der Waals surface area contributed by atoms with Crippen molar-refractivity contribution in [3.63, 3.8) is 0 Å². The number of rotatable bonds is 4. The highest BCUT2D eigenvalue weighted by molar-refractivity contribution is 7.89. The highest BCUT2D eigenvalue weighted by Gasteiger charge is 2.27. The second kappa shape index (κ2) is 5.06. The lowest BCUT2D eigenvalue weighted by molar-refractivity contribution is 0.513. The SMILES string of the molecule is O=S1(=O)c2ccccc2N=CN1CCCCCl. The van der Waals surface area contributed by atoms with Gasteiger partial charge in [0.2, 0.25) is 0 Å². The number of para-hydroxylation sites is 1. The second-order valence-corrected chi connectivity index (χ2v) is 5.96. The highest BCUT2D eigenvalue weighted by Crippen LogP contribution is 2.29. The summed E-state index contributed by atoms with van der Waals surface area (Å²) in [5.74, 6) is 0.543. The van der Waals surface area contributed by atoms with Gasteiger partial charge in [0.15, 0.2) is 0 Å². The summed E-state index contributed by atoms with van der Waals surface area (Å²) in [6.07, 6.45) is 2.91. The van der Waals surface area contributed by atoms with E-state index in [1.165, 1.54) is 10.6 Å². The predicted molar refractivity (Wildman–Crippen MR) is 68.4 cm³/mol. The Morgan fingerprint density at radius 3 is 2.76 bits per heavy atom. The Labute approximate surface area is 106 Å².